The molecule has 3 N–H and O–H groups in total. The van der Waals surface area contributed by atoms with E-state index in [4.69, 9.17) is 5.73 Å². The van der Waals surface area contributed by atoms with Crippen molar-refractivity contribution >= 4 is 16.9 Å². The molecule has 140 valence electrons. The van der Waals surface area contributed by atoms with E-state index in [1.165, 1.54) is 22.3 Å². The summed E-state index contributed by atoms with van der Waals surface area (Å²) in [5, 5.41) is 3.44. The van der Waals surface area contributed by atoms with E-state index in [1.807, 2.05) is 0 Å². The Labute approximate surface area is 167 Å². The Balaban J connectivity index is 1.46. The number of hydrogen-bond donors (Lipinski definition) is 2. The van der Waals surface area contributed by atoms with Crippen molar-refractivity contribution in [1.82, 2.24) is 0 Å². The normalized spacial score (nSPS) is 18.6. The first-order chi connectivity index (χ1) is 13.5. The fourth-order valence-corrected chi connectivity index (χ4v) is 3.49. The third-order valence-corrected chi connectivity index (χ3v) is 5.37. The van der Waals surface area contributed by atoms with Crippen LogP contribution < -0.4 is 11.1 Å². The van der Waals surface area contributed by atoms with E-state index >= 15 is 0 Å². The number of rotatable bonds is 4. The number of allylic oxidation sites excluding steroid dienone is 2. The van der Waals surface area contributed by atoms with Crippen molar-refractivity contribution < 1.29 is 0 Å². The first-order valence-corrected chi connectivity index (χ1v) is 9.71. The molecule has 28 heavy (non-hydrogen) atoms. The van der Waals surface area contributed by atoms with Gasteiger partial charge in [0.1, 0.15) is 0 Å². The molecule has 0 fully saturated rings. The Morgan fingerprint density at radius 2 is 1.29 bits per heavy atom. The Kier molecular flexibility index (Phi) is 4.89. The molecule has 0 amide bonds. The minimum absolute atomic E-state index is 0.426. The molecular formula is C26H26N2. The summed E-state index contributed by atoms with van der Waals surface area (Å²) in [5.74, 6) is 0. The Bertz CT molecular complexity index is 1010. The molecule has 2 nitrogen and oxygen atoms in total. The van der Waals surface area contributed by atoms with Crippen LogP contribution in [0.5, 0.6) is 0 Å². The number of aryl methyl sites for hydroxylation is 2. The standard InChI is InChI=1S/C26H26N2/c1-19-3-9-23(10-4-19)26(27)17-15-22(16-18-26)21-7-13-25(14-8-21)28-24-11-5-20(2)6-12-24/h3-17,28H,18,27H2,1-2H3. The number of anilines is 2. The number of hydrogen-bond acceptors (Lipinski definition) is 2. The first-order valence-electron chi connectivity index (χ1n) is 9.71. The van der Waals surface area contributed by atoms with E-state index in [9.17, 15) is 0 Å². The molecule has 3 aromatic rings. The molecule has 3 aromatic carbocycles. The van der Waals surface area contributed by atoms with Gasteiger partial charge in [-0.1, -0.05) is 77.9 Å². The molecule has 1 aliphatic rings. The van der Waals surface area contributed by atoms with Crippen molar-refractivity contribution in [1.29, 1.82) is 0 Å². The molecule has 0 aliphatic heterocycles. The van der Waals surface area contributed by atoms with Gasteiger partial charge in [-0.05, 0) is 61.2 Å². The maximum Gasteiger partial charge on any atom is 0.0633 e. The lowest BCUT2D eigenvalue weighted by atomic mass is 9.82. The average Bonchev–Trinajstić information content (AvgIpc) is 2.71. The van der Waals surface area contributed by atoms with E-state index in [1.54, 1.807) is 0 Å². The second-order valence-corrected chi connectivity index (χ2v) is 7.67. The molecular weight excluding hydrogens is 340 g/mol. The Morgan fingerprint density at radius 3 is 1.82 bits per heavy atom. The van der Waals surface area contributed by atoms with Crippen LogP contribution in [-0.2, 0) is 5.54 Å². The van der Waals surface area contributed by atoms with Gasteiger partial charge in [-0.15, -0.1) is 0 Å². The fraction of sp³-hybridized carbons (Fsp3) is 0.154. The van der Waals surface area contributed by atoms with Gasteiger partial charge < -0.3 is 11.1 Å². The van der Waals surface area contributed by atoms with Crippen LogP contribution in [0.15, 0.2) is 91.0 Å². The topological polar surface area (TPSA) is 38.0 Å². The van der Waals surface area contributed by atoms with Gasteiger partial charge in [-0.2, -0.15) is 0 Å². The lowest BCUT2D eigenvalue weighted by molar-refractivity contribution is 0.567. The summed E-state index contributed by atoms with van der Waals surface area (Å²) in [7, 11) is 0. The summed E-state index contributed by atoms with van der Waals surface area (Å²) in [4.78, 5) is 0. The third kappa shape index (κ3) is 3.92. The van der Waals surface area contributed by atoms with E-state index in [0.717, 1.165) is 23.4 Å². The highest BCUT2D eigenvalue weighted by Crippen LogP contribution is 2.33. The number of nitrogens with one attached hydrogen (secondary N) is 1. The fourth-order valence-electron chi connectivity index (χ4n) is 3.49. The smallest absolute Gasteiger partial charge is 0.0633 e. The largest absolute Gasteiger partial charge is 0.356 e. The zero-order valence-corrected chi connectivity index (χ0v) is 16.4. The summed E-state index contributed by atoms with van der Waals surface area (Å²) in [6, 6.07) is 25.5. The van der Waals surface area contributed by atoms with Crippen molar-refractivity contribution in [3.05, 3.63) is 113 Å². The molecule has 0 heterocycles. The monoisotopic (exact) mass is 366 g/mol. The van der Waals surface area contributed by atoms with Gasteiger partial charge in [0.25, 0.3) is 0 Å². The van der Waals surface area contributed by atoms with Crippen LogP contribution >= 0.6 is 0 Å². The van der Waals surface area contributed by atoms with Gasteiger partial charge in [-0.25, -0.2) is 0 Å². The lowest BCUT2D eigenvalue weighted by Gasteiger charge is -2.29. The molecule has 1 aliphatic carbocycles. The van der Waals surface area contributed by atoms with Crippen LogP contribution in [0.1, 0.15) is 28.7 Å². The maximum atomic E-state index is 6.65. The van der Waals surface area contributed by atoms with Crippen molar-refractivity contribution in [3.8, 4) is 0 Å². The van der Waals surface area contributed by atoms with Crippen LogP contribution in [0.3, 0.4) is 0 Å². The molecule has 4 rings (SSSR count). The highest BCUT2D eigenvalue weighted by Gasteiger charge is 2.25. The highest BCUT2D eigenvalue weighted by molar-refractivity contribution is 5.77. The zero-order valence-electron chi connectivity index (χ0n) is 16.4. The average molecular weight is 367 g/mol. The summed E-state index contributed by atoms with van der Waals surface area (Å²) in [6.45, 7) is 4.19. The van der Waals surface area contributed by atoms with Crippen molar-refractivity contribution in [2.75, 3.05) is 5.32 Å². The Hall–Kier alpha value is -3.10. The third-order valence-electron chi connectivity index (χ3n) is 5.37. The number of nitrogens with two attached hydrogens (primary N) is 1. The predicted octanol–water partition coefficient (Wildman–Crippen LogP) is 6.24. The first kappa shape index (κ1) is 18.3. The van der Waals surface area contributed by atoms with Gasteiger partial charge in [-0.3, -0.25) is 0 Å². The van der Waals surface area contributed by atoms with E-state index in [-0.39, 0.29) is 0 Å². The van der Waals surface area contributed by atoms with Crippen LogP contribution in [0.4, 0.5) is 11.4 Å². The van der Waals surface area contributed by atoms with E-state index in [0.29, 0.717) is 0 Å². The lowest BCUT2D eigenvalue weighted by Crippen LogP contribution is -2.35. The minimum Gasteiger partial charge on any atom is -0.356 e. The molecule has 1 unspecified atom stereocenters. The van der Waals surface area contributed by atoms with Gasteiger partial charge in [0, 0.05) is 11.4 Å². The highest BCUT2D eigenvalue weighted by atomic mass is 14.9. The second-order valence-electron chi connectivity index (χ2n) is 7.67. The van der Waals surface area contributed by atoms with Crippen LogP contribution in [-0.4, -0.2) is 0 Å². The summed E-state index contributed by atoms with van der Waals surface area (Å²) < 4.78 is 0. The number of benzene rings is 3. The Morgan fingerprint density at radius 1 is 0.750 bits per heavy atom. The molecule has 0 radical (unpaired) electrons. The summed E-state index contributed by atoms with van der Waals surface area (Å²) >= 11 is 0. The summed E-state index contributed by atoms with van der Waals surface area (Å²) in [6.07, 6.45) is 7.31. The van der Waals surface area contributed by atoms with Gasteiger partial charge >= 0.3 is 0 Å². The summed E-state index contributed by atoms with van der Waals surface area (Å²) in [5.41, 5.74) is 14.5. The van der Waals surface area contributed by atoms with Crippen LogP contribution in [0.25, 0.3) is 5.57 Å². The van der Waals surface area contributed by atoms with Crippen molar-refractivity contribution in [2.24, 2.45) is 5.73 Å². The molecule has 0 spiro atoms. The molecule has 0 saturated carbocycles. The second kappa shape index (κ2) is 7.49. The van der Waals surface area contributed by atoms with Crippen LogP contribution in [0, 0.1) is 13.8 Å². The molecule has 0 saturated heterocycles. The van der Waals surface area contributed by atoms with Gasteiger partial charge in [0.05, 0.1) is 5.54 Å². The van der Waals surface area contributed by atoms with E-state index < -0.39 is 5.54 Å². The molecule has 1 atom stereocenters. The van der Waals surface area contributed by atoms with E-state index in [2.05, 4.69) is 110 Å². The molecule has 2 heteroatoms. The zero-order chi connectivity index (χ0) is 19.6. The molecule has 0 bridgehead atoms. The van der Waals surface area contributed by atoms with Gasteiger partial charge in [0.15, 0.2) is 0 Å². The minimum atomic E-state index is -0.426. The maximum absolute atomic E-state index is 6.65. The quantitative estimate of drug-likeness (QED) is 0.573. The van der Waals surface area contributed by atoms with Crippen molar-refractivity contribution in [2.45, 2.75) is 25.8 Å². The van der Waals surface area contributed by atoms with Crippen molar-refractivity contribution in [3.63, 3.8) is 0 Å². The molecule has 0 aromatic heterocycles. The predicted molar refractivity (Wildman–Crippen MR) is 120 cm³/mol. The SMILES string of the molecule is Cc1ccc(Nc2ccc(C3=CCC(N)(c4ccc(C)cc4)C=C3)cc2)cc1. The van der Waals surface area contributed by atoms with Gasteiger partial charge in [0.2, 0.25) is 0 Å². The van der Waals surface area contributed by atoms with Crippen LogP contribution in [0.2, 0.25) is 0 Å².